The van der Waals surface area contributed by atoms with E-state index in [1.807, 2.05) is 12.1 Å². The molecule has 0 saturated carbocycles. The molecule has 5 heteroatoms. The van der Waals surface area contributed by atoms with Crippen LogP contribution in [-0.4, -0.2) is 62.5 Å². The lowest BCUT2D eigenvalue weighted by molar-refractivity contribution is -0.114. The second-order valence-electron chi connectivity index (χ2n) is 5.84. The van der Waals surface area contributed by atoms with Crippen molar-refractivity contribution in [2.75, 3.05) is 52.1 Å². The van der Waals surface area contributed by atoms with Crippen LogP contribution in [-0.2, 0) is 4.79 Å². The van der Waals surface area contributed by atoms with Crippen LogP contribution < -0.4 is 10.6 Å². The molecule has 5 nitrogen and oxygen atoms in total. The van der Waals surface area contributed by atoms with Crippen LogP contribution in [0.2, 0.25) is 0 Å². The Hall–Kier alpha value is -1.43. The number of amides is 1. The van der Waals surface area contributed by atoms with Crippen LogP contribution in [0.1, 0.15) is 18.5 Å². The number of piperazine rings is 1. The van der Waals surface area contributed by atoms with Gasteiger partial charge in [0.2, 0.25) is 5.91 Å². The zero-order valence-corrected chi connectivity index (χ0v) is 13.2. The number of nitrogens with one attached hydrogen (secondary N) is 2. The summed E-state index contributed by atoms with van der Waals surface area (Å²) >= 11 is 0. The highest BCUT2D eigenvalue weighted by Crippen LogP contribution is 2.23. The Morgan fingerprint density at radius 2 is 2.10 bits per heavy atom. The van der Waals surface area contributed by atoms with Crippen molar-refractivity contribution in [2.45, 2.75) is 13.0 Å². The molecule has 1 heterocycles. The summed E-state index contributed by atoms with van der Waals surface area (Å²) < 4.78 is 0. The fraction of sp³-hybridized carbons (Fsp3) is 0.562. The van der Waals surface area contributed by atoms with Gasteiger partial charge in [0.05, 0.1) is 0 Å². The number of anilines is 1. The van der Waals surface area contributed by atoms with Gasteiger partial charge in [-0.2, -0.15) is 0 Å². The van der Waals surface area contributed by atoms with E-state index in [4.69, 9.17) is 0 Å². The van der Waals surface area contributed by atoms with Gasteiger partial charge >= 0.3 is 0 Å². The van der Waals surface area contributed by atoms with Crippen LogP contribution in [0.25, 0.3) is 0 Å². The normalized spacial score (nSPS) is 17.7. The van der Waals surface area contributed by atoms with Gasteiger partial charge in [-0.15, -0.1) is 0 Å². The molecule has 1 saturated heterocycles. The predicted octanol–water partition coefficient (Wildman–Crippen LogP) is 1.15. The van der Waals surface area contributed by atoms with E-state index in [9.17, 15) is 4.79 Å². The van der Waals surface area contributed by atoms with Crippen molar-refractivity contribution in [1.29, 1.82) is 0 Å². The lowest BCUT2D eigenvalue weighted by atomic mass is 10.0. The van der Waals surface area contributed by atoms with Crippen LogP contribution in [0, 0.1) is 0 Å². The minimum absolute atomic E-state index is 0.0318. The van der Waals surface area contributed by atoms with E-state index in [1.165, 1.54) is 12.5 Å². The molecular formula is C16H26N4O. The summed E-state index contributed by atoms with van der Waals surface area (Å²) in [6.45, 7) is 6.86. The van der Waals surface area contributed by atoms with Crippen LogP contribution in [0.5, 0.6) is 0 Å². The van der Waals surface area contributed by atoms with Gasteiger partial charge in [0, 0.05) is 51.4 Å². The monoisotopic (exact) mass is 290 g/mol. The molecule has 0 spiro atoms. The fourth-order valence-corrected chi connectivity index (χ4v) is 2.73. The summed E-state index contributed by atoms with van der Waals surface area (Å²) in [6.07, 6.45) is 0. The number of carbonyl (C=O) groups is 1. The zero-order valence-electron chi connectivity index (χ0n) is 13.2. The molecule has 1 fully saturated rings. The molecule has 0 radical (unpaired) electrons. The van der Waals surface area contributed by atoms with Crippen LogP contribution in [0.4, 0.5) is 5.69 Å². The van der Waals surface area contributed by atoms with Crippen LogP contribution in [0.3, 0.4) is 0 Å². The van der Waals surface area contributed by atoms with Gasteiger partial charge in [0.15, 0.2) is 0 Å². The second-order valence-corrected chi connectivity index (χ2v) is 5.84. The Morgan fingerprint density at radius 3 is 2.71 bits per heavy atom. The summed E-state index contributed by atoms with van der Waals surface area (Å²) in [5.41, 5.74) is 2.11. The van der Waals surface area contributed by atoms with Gasteiger partial charge in [0.1, 0.15) is 0 Å². The van der Waals surface area contributed by atoms with E-state index in [0.29, 0.717) is 6.04 Å². The lowest BCUT2D eigenvalue weighted by Crippen LogP contribution is -2.46. The van der Waals surface area contributed by atoms with Crippen molar-refractivity contribution in [1.82, 2.24) is 15.1 Å². The molecule has 116 valence electrons. The highest BCUT2D eigenvalue weighted by Gasteiger charge is 2.19. The molecule has 0 aromatic heterocycles. The molecule has 1 unspecified atom stereocenters. The zero-order chi connectivity index (χ0) is 15.2. The summed E-state index contributed by atoms with van der Waals surface area (Å²) in [5, 5.41) is 6.25. The molecule has 2 rings (SSSR count). The highest BCUT2D eigenvalue weighted by molar-refractivity contribution is 5.88. The van der Waals surface area contributed by atoms with Gasteiger partial charge in [-0.25, -0.2) is 0 Å². The third-order valence-corrected chi connectivity index (χ3v) is 3.86. The van der Waals surface area contributed by atoms with Crippen molar-refractivity contribution >= 4 is 11.6 Å². The maximum Gasteiger partial charge on any atom is 0.221 e. The van der Waals surface area contributed by atoms with E-state index >= 15 is 0 Å². The van der Waals surface area contributed by atoms with E-state index in [-0.39, 0.29) is 5.91 Å². The number of hydrogen-bond donors (Lipinski definition) is 2. The Labute approximate surface area is 127 Å². The number of nitrogens with zero attached hydrogens (tertiary/aromatic N) is 2. The number of likely N-dealkylation sites (N-methyl/N-ethyl adjacent to an activating group) is 1. The van der Waals surface area contributed by atoms with Gasteiger partial charge < -0.3 is 15.5 Å². The number of carbonyl (C=O) groups excluding carboxylic acids is 1. The van der Waals surface area contributed by atoms with Gasteiger partial charge in [-0.05, 0) is 31.8 Å². The first kappa shape index (κ1) is 15.9. The summed E-state index contributed by atoms with van der Waals surface area (Å²) in [4.78, 5) is 15.9. The Balaban J connectivity index is 2.11. The minimum atomic E-state index is -0.0318. The average molecular weight is 290 g/mol. The molecule has 2 N–H and O–H groups in total. The lowest BCUT2D eigenvalue weighted by Gasteiger charge is -2.34. The minimum Gasteiger partial charge on any atom is -0.326 e. The standard InChI is InChI=1S/C16H26N4O/c1-13(21)18-15-6-4-5-14(11-15)16(19(2)3)12-20-9-7-17-8-10-20/h4-6,11,16-17H,7-10,12H2,1-3H3,(H,18,21). The molecule has 0 bridgehead atoms. The Morgan fingerprint density at radius 1 is 1.38 bits per heavy atom. The van der Waals surface area contributed by atoms with Crippen LogP contribution in [0.15, 0.2) is 24.3 Å². The summed E-state index contributed by atoms with van der Waals surface area (Å²) in [6, 6.07) is 8.49. The van der Waals surface area contributed by atoms with E-state index in [2.05, 4.69) is 46.7 Å². The maximum absolute atomic E-state index is 11.2. The van der Waals surface area contributed by atoms with Gasteiger partial charge in [-0.1, -0.05) is 12.1 Å². The molecule has 0 aliphatic carbocycles. The summed E-state index contributed by atoms with van der Waals surface area (Å²) in [7, 11) is 4.22. The van der Waals surface area contributed by atoms with Crippen molar-refractivity contribution in [2.24, 2.45) is 0 Å². The van der Waals surface area contributed by atoms with Crippen molar-refractivity contribution in [3.05, 3.63) is 29.8 Å². The van der Waals surface area contributed by atoms with Crippen LogP contribution >= 0.6 is 0 Å². The van der Waals surface area contributed by atoms with E-state index in [1.54, 1.807) is 0 Å². The SMILES string of the molecule is CC(=O)Nc1cccc(C(CN2CCNCC2)N(C)C)c1. The highest BCUT2D eigenvalue weighted by atomic mass is 16.1. The topological polar surface area (TPSA) is 47.6 Å². The Kier molecular flexibility index (Phi) is 5.73. The number of benzene rings is 1. The maximum atomic E-state index is 11.2. The first-order valence-electron chi connectivity index (χ1n) is 7.53. The van der Waals surface area contributed by atoms with E-state index in [0.717, 1.165) is 38.4 Å². The average Bonchev–Trinajstić information content (AvgIpc) is 2.45. The third-order valence-electron chi connectivity index (χ3n) is 3.86. The van der Waals surface area contributed by atoms with Gasteiger partial charge in [-0.3, -0.25) is 9.69 Å². The molecule has 21 heavy (non-hydrogen) atoms. The molecular weight excluding hydrogens is 264 g/mol. The molecule has 1 amide bonds. The molecule has 1 aromatic carbocycles. The largest absolute Gasteiger partial charge is 0.326 e. The first-order chi connectivity index (χ1) is 10.1. The molecule has 1 aromatic rings. The quantitative estimate of drug-likeness (QED) is 0.854. The molecule has 1 aliphatic rings. The molecule has 1 aliphatic heterocycles. The molecule has 1 atom stereocenters. The third kappa shape index (κ3) is 4.81. The van der Waals surface area contributed by atoms with Crippen molar-refractivity contribution in [3.8, 4) is 0 Å². The number of rotatable bonds is 5. The smallest absolute Gasteiger partial charge is 0.221 e. The fourth-order valence-electron chi connectivity index (χ4n) is 2.73. The summed E-state index contributed by atoms with van der Waals surface area (Å²) in [5.74, 6) is -0.0318. The van der Waals surface area contributed by atoms with Crippen molar-refractivity contribution in [3.63, 3.8) is 0 Å². The van der Waals surface area contributed by atoms with Gasteiger partial charge in [0.25, 0.3) is 0 Å². The van der Waals surface area contributed by atoms with E-state index < -0.39 is 0 Å². The number of hydrogen-bond acceptors (Lipinski definition) is 4. The first-order valence-corrected chi connectivity index (χ1v) is 7.53. The predicted molar refractivity (Wildman–Crippen MR) is 86.5 cm³/mol. The second kappa shape index (κ2) is 7.54. The van der Waals surface area contributed by atoms with Crippen molar-refractivity contribution < 1.29 is 4.79 Å². The Bertz CT molecular complexity index is 469.